The van der Waals surface area contributed by atoms with Gasteiger partial charge in [0.25, 0.3) is 0 Å². The van der Waals surface area contributed by atoms with Crippen molar-refractivity contribution in [2.75, 3.05) is 31.6 Å². The quantitative estimate of drug-likeness (QED) is 0.848. The monoisotopic (exact) mass is 310 g/mol. The van der Waals surface area contributed by atoms with Crippen LogP contribution >= 0.6 is 0 Å². The maximum Gasteiger partial charge on any atom is 0.317 e. The number of rotatable bonds is 4. The number of nitrogens with one attached hydrogen (secondary N) is 1. The molecule has 2 N–H and O–H groups in total. The Morgan fingerprint density at radius 1 is 1.55 bits per heavy atom. The molecule has 0 aromatic carbocycles. The number of anilines is 1. The Morgan fingerprint density at radius 2 is 2.32 bits per heavy atom. The number of piperidine rings is 1. The van der Waals surface area contributed by atoms with E-state index in [1.807, 2.05) is 4.90 Å². The highest BCUT2D eigenvalue weighted by Crippen LogP contribution is 2.35. The topological polar surface area (TPSA) is 87.6 Å². The second-order valence-corrected chi connectivity index (χ2v) is 5.97. The Bertz CT molecular complexity index is 541. The van der Waals surface area contributed by atoms with Gasteiger partial charge in [-0.1, -0.05) is 0 Å². The Hall–Kier alpha value is -1.80. The van der Waals surface area contributed by atoms with E-state index in [0.717, 1.165) is 38.2 Å². The van der Waals surface area contributed by atoms with Gasteiger partial charge in [-0.05, 0) is 19.4 Å². The van der Waals surface area contributed by atoms with Crippen LogP contribution in [0.5, 0.6) is 0 Å². The van der Waals surface area contributed by atoms with Crippen molar-refractivity contribution in [3.63, 3.8) is 0 Å². The zero-order chi connectivity index (χ0) is 15.6. The molecule has 2 aliphatic rings. The molecule has 0 amide bonds. The minimum atomic E-state index is -0.815. The fraction of sp³-hybridized carbons (Fsp3) is 0.643. The molecule has 1 spiro atoms. The minimum absolute atomic E-state index is 0.0459. The molecule has 2 aliphatic heterocycles. The molecular weight excluding hydrogens is 291 g/mol. The van der Waals surface area contributed by atoms with E-state index in [4.69, 9.17) is 9.84 Å². The van der Waals surface area contributed by atoms with Crippen LogP contribution in [-0.4, -0.2) is 63.8 Å². The third-order valence-corrected chi connectivity index (χ3v) is 4.14. The summed E-state index contributed by atoms with van der Waals surface area (Å²) in [4.78, 5) is 20.6. The van der Waals surface area contributed by atoms with Gasteiger partial charge in [-0.15, -0.1) is 0 Å². The Labute approximate surface area is 127 Å². The average Bonchev–Trinajstić information content (AvgIpc) is 2.83. The number of halogens is 1. The molecule has 1 aromatic heterocycles. The van der Waals surface area contributed by atoms with Crippen LogP contribution in [0.1, 0.15) is 19.3 Å². The van der Waals surface area contributed by atoms with Crippen LogP contribution in [0.25, 0.3) is 0 Å². The molecule has 3 rings (SSSR count). The molecule has 0 saturated carbocycles. The predicted octanol–water partition coefficient (Wildman–Crippen LogP) is 0.736. The molecule has 0 aliphatic carbocycles. The van der Waals surface area contributed by atoms with E-state index >= 15 is 0 Å². The first-order chi connectivity index (χ1) is 10.5. The van der Waals surface area contributed by atoms with Crippen molar-refractivity contribution >= 4 is 11.9 Å². The molecule has 0 unspecified atom stereocenters. The lowest BCUT2D eigenvalue weighted by Gasteiger charge is -2.39. The minimum Gasteiger partial charge on any atom is -0.480 e. The van der Waals surface area contributed by atoms with Crippen molar-refractivity contribution in [1.29, 1.82) is 0 Å². The summed E-state index contributed by atoms with van der Waals surface area (Å²) >= 11 is 0. The highest BCUT2D eigenvalue weighted by atomic mass is 19.1. The Balaban J connectivity index is 1.58. The SMILES string of the molecule is O=C(O)CN1CCC[C@]2(C[C@H](Nc3ncc(F)cn3)CO2)C1. The van der Waals surface area contributed by atoms with Gasteiger partial charge in [0.1, 0.15) is 0 Å². The summed E-state index contributed by atoms with van der Waals surface area (Å²) in [6.45, 7) is 1.98. The molecule has 8 heteroatoms. The molecule has 3 heterocycles. The lowest BCUT2D eigenvalue weighted by atomic mass is 9.88. The fourth-order valence-corrected chi connectivity index (χ4v) is 3.31. The van der Waals surface area contributed by atoms with Crippen LogP contribution in [0, 0.1) is 5.82 Å². The summed E-state index contributed by atoms with van der Waals surface area (Å²) in [5.74, 6) is -0.907. The number of carboxylic acid groups (broad SMARTS) is 1. The third-order valence-electron chi connectivity index (χ3n) is 4.14. The molecule has 2 saturated heterocycles. The van der Waals surface area contributed by atoms with Crippen molar-refractivity contribution in [2.24, 2.45) is 0 Å². The molecule has 22 heavy (non-hydrogen) atoms. The number of hydrogen-bond acceptors (Lipinski definition) is 6. The zero-order valence-corrected chi connectivity index (χ0v) is 12.2. The smallest absolute Gasteiger partial charge is 0.317 e. The number of ether oxygens (including phenoxy) is 1. The van der Waals surface area contributed by atoms with Gasteiger partial charge >= 0.3 is 5.97 Å². The van der Waals surface area contributed by atoms with Gasteiger partial charge < -0.3 is 15.2 Å². The van der Waals surface area contributed by atoms with E-state index in [0.29, 0.717) is 19.1 Å². The summed E-state index contributed by atoms with van der Waals surface area (Å²) in [6.07, 6.45) is 4.86. The van der Waals surface area contributed by atoms with Crippen LogP contribution < -0.4 is 5.32 Å². The molecule has 1 aromatic rings. The van der Waals surface area contributed by atoms with Gasteiger partial charge in [-0.3, -0.25) is 9.69 Å². The maximum atomic E-state index is 12.8. The van der Waals surface area contributed by atoms with E-state index in [1.165, 1.54) is 0 Å². The number of hydrogen-bond donors (Lipinski definition) is 2. The van der Waals surface area contributed by atoms with Crippen molar-refractivity contribution in [2.45, 2.75) is 30.9 Å². The Kier molecular flexibility index (Phi) is 4.21. The molecule has 120 valence electrons. The predicted molar refractivity (Wildman–Crippen MR) is 76.0 cm³/mol. The summed E-state index contributed by atoms with van der Waals surface area (Å²) in [5, 5.41) is 12.1. The number of aliphatic carboxylic acids is 1. The molecule has 2 fully saturated rings. The lowest BCUT2D eigenvalue weighted by molar-refractivity contribution is -0.140. The van der Waals surface area contributed by atoms with Crippen LogP contribution in [0.15, 0.2) is 12.4 Å². The number of aromatic nitrogens is 2. The average molecular weight is 310 g/mol. The van der Waals surface area contributed by atoms with E-state index in [2.05, 4.69) is 15.3 Å². The first kappa shape index (κ1) is 15.1. The highest BCUT2D eigenvalue weighted by Gasteiger charge is 2.43. The number of nitrogens with zero attached hydrogens (tertiary/aromatic N) is 3. The van der Waals surface area contributed by atoms with E-state index < -0.39 is 11.8 Å². The van der Waals surface area contributed by atoms with E-state index in [1.54, 1.807) is 0 Å². The summed E-state index contributed by atoms with van der Waals surface area (Å²) < 4.78 is 18.8. The van der Waals surface area contributed by atoms with Gasteiger partial charge in [0.2, 0.25) is 5.95 Å². The second-order valence-electron chi connectivity index (χ2n) is 5.97. The first-order valence-electron chi connectivity index (χ1n) is 7.37. The number of carbonyl (C=O) groups is 1. The second kappa shape index (κ2) is 6.13. The van der Waals surface area contributed by atoms with Gasteiger partial charge in [-0.25, -0.2) is 14.4 Å². The molecule has 0 radical (unpaired) electrons. The van der Waals surface area contributed by atoms with Crippen LogP contribution in [-0.2, 0) is 9.53 Å². The zero-order valence-electron chi connectivity index (χ0n) is 12.2. The number of carboxylic acids is 1. The van der Waals surface area contributed by atoms with Gasteiger partial charge in [0.15, 0.2) is 5.82 Å². The van der Waals surface area contributed by atoms with Crippen molar-refractivity contribution < 1.29 is 19.0 Å². The van der Waals surface area contributed by atoms with Crippen LogP contribution in [0.2, 0.25) is 0 Å². The fourth-order valence-electron chi connectivity index (χ4n) is 3.31. The van der Waals surface area contributed by atoms with Gasteiger partial charge in [0.05, 0.1) is 37.2 Å². The third kappa shape index (κ3) is 3.50. The molecule has 7 nitrogen and oxygen atoms in total. The van der Waals surface area contributed by atoms with Crippen molar-refractivity contribution in [1.82, 2.24) is 14.9 Å². The maximum absolute atomic E-state index is 12.8. The van der Waals surface area contributed by atoms with Crippen LogP contribution in [0.4, 0.5) is 10.3 Å². The molecule has 2 atom stereocenters. The summed E-state index contributed by atoms with van der Waals surface area (Å²) in [5.41, 5.74) is -0.300. The summed E-state index contributed by atoms with van der Waals surface area (Å²) in [6, 6.07) is 0.0511. The number of likely N-dealkylation sites (tertiary alicyclic amines) is 1. The van der Waals surface area contributed by atoms with Crippen molar-refractivity contribution in [3.8, 4) is 0 Å². The van der Waals surface area contributed by atoms with E-state index in [9.17, 15) is 9.18 Å². The van der Waals surface area contributed by atoms with Crippen molar-refractivity contribution in [3.05, 3.63) is 18.2 Å². The standard InChI is InChI=1S/C14H19FN4O3/c15-10-5-16-13(17-6-10)18-11-4-14(22-8-11)2-1-3-19(9-14)7-12(20)21/h5-6,11H,1-4,7-9H2,(H,20,21)(H,16,17,18)/t11-,14-/m0/s1. The van der Waals surface area contributed by atoms with Gasteiger partial charge in [0, 0.05) is 13.0 Å². The lowest BCUT2D eigenvalue weighted by Crippen LogP contribution is -2.49. The molecular formula is C14H19FN4O3. The van der Waals surface area contributed by atoms with Crippen LogP contribution in [0.3, 0.4) is 0 Å². The summed E-state index contributed by atoms with van der Waals surface area (Å²) in [7, 11) is 0. The molecule has 0 bridgehead atoms. The van der Waals surface area contributed by atoms with Gasteiger partial charge in [-0.2, -0.15) is 0 Å². The normalized spacial score (nSPS) is 28.9. The first-order valence-corrected chi connectivity index (χ1v) is 7.37. The Morgan fingerprint density at radius 3 is 3.05 bits per heavy atom. The largest absolute Gasteiger partial charge is 0.480 e. The van der Waals surface area contributed by atoms with E-state index in [-0.39, 0.29) is 18.2 Å². The highest BCUT2D eigenvalue weighted by molar-refractivity contribution is 5.69.